The Balaban J connectivity index is 1.49. The fourth-order valence-corrected chi connectivity index (χ4v) is 3.58. The van der Waals surface area contributed by atoms with Crippen LogP contribution >= 0.6 is 0 Å². The molecule has 2 heterocycles. The van der Waals surface area contributed by atoms with Gasteiger partial charge in [0.2, 0.25) is 0 Å². The molecule has 0 spiro atoms. The van der Waals surface area contributed by atoms with Gasteiger partial charge in [0.1, 0.15) is 0 Å². The van der Waals surface area contributed by atoms with E-state index < -0.39 is 17.8 Å². The molecule has 2 aliphatic heterocycles. The molecular weight excluding hydrogens is 348 g/mol. The van der Waals surface area contributed by atoms with E-state index in [0.717, 1.165) is 29.7 Å². The molecule has 0 aliphatic carbocycles. The van der Waals surface area contributed by atoms with Gasteiger partial charge in [0.25, 0.3) is 17.7 Å². The molecule has 1 aromatic carbocycles. The molecule has 144 valence electrons. The number of imide groups is 1. The Morgan fingerprint density at radius 3 is 2.63 bits per heavy atom. The average molecular weight is 372 g/mol. The first-order valence-electron chi connectivity index (χ1n) is 9.30. The number of esters is 1. The van der Waals surface area contributed by atoms with E-state index in [1.807, 2.05) is 13.8 Å². The number of rotatable bonds is 5. The van der Waals surface area contributed by atoms with Crippen LogP contribution in [0.4, 0.5) is 0 Å². The number of likely N-dealkylation sites (tertiary alicyclic amines) is 1. The van der Waals surface area contributed by atoms with Crippen LogP contribution in [0.3, 0.4) is 0 Å². The third-order valence-electron chi connectivity index (χ3n) is 5.15. The van der Waals surface area contributed by atoms with Crippen molar-refractivity contribution in [1.82, 2.24) is 9.80 Å². The number of carbonyl (C=O) groups excluding carboxylic acids is 4. The molecule has 0 bridgehead atoms. The highest BCUT2D eigenvalue weighted by Gasteiger charge is 2.35. The van der Waals surface area contributed by atoms with Crippen LogP contribution in [0.1, 0.15) is 58.9 Å². The predicted octanol–water partition coefficient (Wildman–Crippen LogP) is 1.93. The molecule has 0 radical (unpaired) electrons. The van der Waals surface area contributed by atoms with Gasteiger partial charge in [-0.3, -0.25) is 24.1 Å². The van der Waals surface area contributed by atoms with Crippen molar-refractivity contribution in [1.29, 1.82) is 0 Å². The Hall–Kier alpha value is -2.70. The summed E-state index contributed by atoms with van der Waals surface area (Å²) in [5, 5.41) is 0. The average Bonchev–Trinajstić information content (AvgIpc) is 2.88. The standard InChI is InChI=1S/C20H24N2O5/c1-13-6-7-15-16(11-13)20(26)22(19(15)25)10-8-18(24)27-12-17(23)21-9-4-3-5-14(21)2/h6-7,11,14H,3-5,8-10,12H2,1-2H3. The lowest BCUT2D eigenvalue weighted by atomic mass is 10.0. The van der Waals surface area contributed by atoms with Gasteiger partial charge < -0.3 is 9.64 Å². The summed E-state index contributed by atoms with van der Waals surface area (Å²) in [7, 11) is 0. The molecule has 3 amide bonds. The zero-order valence-corrected chi connectivity index (χ0v) is 15.7. The Morgan fingerprint density at radius 1 is 1.15 bits per heavy atom. The van der Waals surface area contributed by atoms with Crippen molar-refractivity contribution in [3.05, 3.63) is 34.9 Å². The zero-order chi connectivity index (χ0) is 19.6. The van der Waals surface area contributed by atoms with Gasteiger partial charge in [0.15, 0.2) is 6.61 Å². The van der Waals surface area contributed by atoms with Crippen LogP contribution in [0.15, 0.2) is 18.2 Å². The Bertz CT molecular complexity index is 789. The van der Waals surface area contributed by atoms with Crippen molar-refractivity contribution in [2.24, 2.45) is 0 Å². The van der Waals surface area contributed by atoms with Crippen LogP contribution in [0.2, 0.25) is 0 Å². The lowest BCUT2D eigenvalue weighted by molar-refractivity contribution is -0.153. The highest BCUT2D eigenvalue weighted by atomic mass is 16.5. The van der Waals surface area contributed by atoms with Crippen molar-refractivity contribution in [2.75, 3.05) is 19.7 Å². The number of piperidine rings is 1. The Morgan fingerprint density at radius 2 is 1.89 bits per heavy atom. The smallest absolute Gasteiger partial charge is 0.308 e. The van der Waals surface area contributed by atoms with E-state index in [-0.39, 0.29) is 31.5 Å². The normalized spacial score (nSPS) is 19.3. The Labute approximate surface area is 158 Å². The summed E-state index contributed by atoms with van der Waals surface area (Å²) < 4.78 is 5.05. The molecule has 1 atom stereocenters. The van der Waals surface area contributed by atoms with E-state index >= 15 is 0 Å². The molecule has 0 saturated carbocycles. The van der Waals surface area contributed by atoms with Crippen LogP contribution in [-0.2, 0) is 14.3 Å². The molecule has 27 heavy (non-hydrogen) atoms. The van der Waals surface area contributed by atoms with E-state index in [1.54, 1.807) is 23.1 Å². The molecule has 1 unspecified atom stereocenters. The molecule has 1 fully saturated rings. The van der Waals surface area contributed by atoms with E-state index in [2.05, 4.69) is 0 Å². The van der Waals surface area contributed by atoms with Gasteiger partial charge in [-0.05, 0) is 45.2 Å². The molecular formula is C20H24N2O5. The van der Waals surface area contributed by atoms with Gasteiger partial charge in [0.05, 0.1) is 17.5 Å². The summed E-state index contributed by atoms with van der Waals surface area (Å²) in [6.45, 7) is 4.16. The molecule has 7 heteroatoms. The molecule has 1 aromatic rings. The molecule has 3 rings (SSSR count). The molecule has 0 N–H and O–H groups in total. The monoisotopic (exact) mass is 372 g/mol. The van der Waals surface area contributed by atoms with E-state index in [4.69, 9.17) is 4.74 Å². The second-order valence-corrected chi connectivity index (χ2v) is 7.15. The highest BCUT2D eigenvalue weighted by molar-refractivity contribution is 6.21. The van der Waals surface area contributed by atoms with Gasteiger partial charge >= 0.3 is 5.97 Å². The van der Waals surface area contributed by atoms with Crippen LogP contribution in [0, 0.1) is 6.92 Å². The highest BCUT2D eigenvalue weighted by Crippen LogP contribution is 2.24. The molecule has 2 aliphatic rings. The second kappa shape index (κ2) is 7.90. The van der Waals surface area contributed by atoms with Crippen LogP contribution < -0.4 is 0 Å². The lowest BCUT2D eigenvalue weighted by Gasteiger charge is -2.33. The van der Waals surface area contributed by atoms with Crippen molar-refractivity contribution in [3.63, 3.8) is 0 Å². The number of carbonyl (C=O) groups is 4. The minimum Gasteiger partial charge on any atom is -0.456 e. The van der Waals surface area contributed by atoms with Gasteiger partial charge in [-0.15, -0.1) is 0 Å². The number of hydrogen-bond donors (Lipinski definition) is 0. The maximum absolute atomic E-state index is 12.4. The van der Waals surface area contributed by atoms with Crippen LogP contribution in [0.5, 0.6) is 0 Å². The summed E-state index contributed by atoms with van der Waals surface area (Å²) in [5.74, 6) is -1.60. The first kappa shape index (κ1) is 19.1. The van der Waals surface area contributed by atoms with Crippen LogP contribution in [-0.4, -0.2) is 59.2 Å². The SMILES string of the molecule is Cc1ccc2c(c1)C(=O)N(CCC(=O)OCC(=O)N1CCCCC1C)C2=O. The molecule has 0 aromatic heterocycles. The van der Waals surface area contributed by atoms with Gasteiger partial charge in [-0.1, -0.05) is 11.6 Å². The second-order valence-electron chi connectivity index (χ2n) is 7.15. The lowest BCUT2D eigenvalue weighted by Crippen LogP contribution is -2.44. The zero-order valence-electron chi connectivity index (χ0n) is 15.7. The summed E-state index contributed by atoms with van der Waals surface area (Å²) in [5.41, 5.74) is 1.61. The first-order chi connectivity index (χ1) is 12.9. The predicted molar refractivity (Wildman–Crippen MR) is 97.1 cm³/mol. The van der Waals surface area contributed by atoms with Crippen LogP contribution in [0.25, 0.3) is 0 Å². The topological polar surface area (TPSA) is 84.0 Å². The minimum absolute atomic E-state index is 0.0570. The number of fused-ring (bicyclic) bond motifs is 1. The number of benzene rings is 1. The largest absolute Gasteiger partial charge is 0.456 e. The summed E-state index contributed by atoms with van der Waals surface area (Å²) in [6.07, 6.45) is 2.89. The van der Waals surface area contributed by atoms with E-state index in [9.17, 15) is 19.2 Å². The van der Waals surface area contributed by atoms with Gasteiger partial charge in [-0.25, -0.2) is 0 Å². The van der Waals surface area contributed by atoms with Crippen molar-refractivity contribution < 1.29 is 23.9 Å². The third-order valence-corrected chi connectivity index (χ3v) is 5.15. The van der Waals surface area contributed by atoms with Gasteiger partial charge in [0, 0.05) is 19.1 Å². The van der Waals surface area contributed by atoms with E-state index in [1.165, 1.54) is 0 Å². The number of aryl methyl sites for hydroxylation is 1. The van der Waals surface area contributed by atoms with Crippen molar-refractivity contribution >= 4 is 23.7 Å². The maximum atomic E-state index is 12.4. The summed E-state index contributed by atoms with van der Waals surface area (Å²) >= 11 is 0. The van der Waals surface area contributed by atoms with E-state index in [0.29, 0.717) is 17.7 Å². The minimum atomic E-state index is -0.597. The quantitative estimate of drug-likeness (QED) is 0.582. The Kier molecular flexibility index (Phi) is 5.58. The number of hydrogen-bond acceptors (Lipinski definition) is 5. The third kappa shape index (κ3) is 4.02. The summed E-state index contributed by atoms with van der Waals surface area (Å²) in [6, 6.07) is 5.23. The molecule has 1 saturated heterocycles. The van der Waals surface area contributed by atoms with Crippen molar-refractivity contribution in [2.45, 2.75) is 45.6 Å². The fourth-order valence-electron chi connectivity index (χ4n) is 3.58. The summed E-state index contributed by atoms with van der Waals surface area (Å²) in [4.78, 5) is 51.7. The van der Waals surface area contributed by atoms with Crippen molar-refractivity contribution in [3.8, 4) is 0 Å². The van der Waals surface area contributed by atoms with Gasteiger partial charge in [-0.2, -0.15) is 0 Å². The molecule has 7 nitrogen and oxygen atoms in total. The maximum Gasteiger partial charge on any atom is 0.308 e. The number of nitrogens with zero attached hydrogens (tertiary/aromatic N) is 2. The number of amides is 3. The number of ether oxygens (including phenoxy) is 1. The fraction of sp³-hybridized carbons (Fsp3) is 0.500. The first-order valence-corrected chi connectivity index (χ1v) is 9.30.